The number of nitrogens with zero attached hydrogens (tertiary/aromatic N) is 3. The SMILES string of the molecule is CC(O[C@@H](C[C@H](Cc1ccccc1)NC(=O)[C@@H](NC(=O)N(C)c1csc(C(C)C)n1)C(C)C)[C@H](Cc1ccccc1)NC(=O)OCc1cncs1)OP(=O)(O)O. The minimum absolute atomic E-state index is 0.0245. The number of aromatic nitrogens is 2. The van der Waals surface area contributed by atoms with E-state index in [0.717, 1.165) is 21.0 Å². The summed E-state index contributed by atoms with van der Waals surface area (Å²) in [6, 6.07) is 15.7. The molecular formula is C38H51N6O9PS2. The fourth-order valence-electron chi connectivity index (χ4n) is 5.80. The number of thiazole rings is 2. The lowest BCUT2D eigenvalue weighted by atomic mass is 9.92. The number of carbonyl (C=O) groups excluding carboxylic acids is 3. The number of hydrogen-bond donors (Lipinski definition) is 5. The van der Waals surface area contributed by atoms with Gasteiger partial charge in [0.05, 0.1) is 27.5 Å². The Labute approximate surface area is 335 Å². The van der Waals surface area contributed by atoms with Crippen molar-refractivity contribution >= 4 is 54.3 Å². The van der Waals surface area contributed by atoms with Crippen LogP contribution in [0.2, 0.25) is 0 Å². The lowest BCUT2D eigenvalue weighted by Crippen LogP contribution is -2.56. The van der Waals surface area contributed by atoms with Gasteiger partial charge in [-0.1, -0.05) is 88.4 Å². The lowest BCUT2D eigenvalue weighted by Gasteiger charge is -2.34. The van der Waals surface area contributed by atoms with Gasteiger partial charge >= 0.3 is 19.9 Å². The van der Waals surface area contributed by atoms with Crippen LogP contribution >= 0.6 is 30.5 Å². The van der Waals surface area contributed by atoms with Crippen molar-refractivity contribution < 1.29 is 42.7 Å². The van der Waals surface area contributed by atoms with Gasteiger partial charge in [-0.25, -0.2) is 19.1 Å². The molecule has 2 aromatic heterocycles. The van der Waals surface area contributed by atoms with Gasteiger partial charge in [0.2, 0.25) is 5.91 Å². The molecule has 5 N–H and O–H groups in total. The molecule has 56 heavy (non-hydrogen) atoms. The van der Waals surface area contributed by atoms with E-state index < -0.39 is 56.4 Å². The van der Waals surface area contributed by atoms with Crippen LogP contribution in [-0.4, -0.2) is 75.4 Å². The molecule has 0 aliphatic heterocycles. The van der Waals surface area contributed by atoms with Gasteiger partial charge in [0.1, 0.15) is 18.5 Å². The number of urea groups is 1. The first kappa shape index (κ1) is 44.5. The van der Waals surface area contributed by atoms with Crippen molar-refractivity contribution in [3.05, 3.63) is 98.8 Å². The number of carbonyl (C=O) groups is 3. The van der Waals surface area contributed by atoms with Gasteiger partial charge in [0, 0.05) is 30.6 Å². The van der Waals surface area contributed by atoms with Gasteiger partial charge in [0.25, 0.3) is 0 Å². The molecule has 0 saturated heterocycles. The lowest BCUT2D eigenvalue weighted by molar-refractivity contribution is -0.133. The monoisotopic (exact) mass is 830 g/mol. The largest absolute Gasteiger partial charge is 0.471 e. The molecule has 0 spiro atoms. The van der Waals surface area contributed by atoms with Crippen LogP contribution in [-0.2, 0) is 42.8 Å². The number of phosphoric acid groups is 1. The zero-order valence-electron chi connectivity index (χ0n) is 32.2. The fraction of sp³-hybridized carbons (Fsp3) is 0.447. The van der Waals surface area contributed by atoms with Crippen LogP contribution in [0.4, 0.5) is 15.4 Å². The van der Waals surface area contributed by atoms with E-state index in [2.05, 4.69) is 25.9 Å². The number of rotatable bonds is 20. The highest BCUT2D eigenvalue weighted by molar-refractivity contribution is 7.46. The van der Waals surface area contributed by atoms with Crippen molar-refractivity contribution in [1.82, 2.24) is 25.9 Å². The first-order valence-electron chi connectivity index (χ1n) is 18.2. The third kappa shape index (κ3) is 14.7. The van der Waals surface area contributed by atoms with Crippen LogP contribution in [0.1, 0.15) is 68.0 Å². The Kier molecular flexibility index (Phi) is 17.0. The Morgan fingerprint density at radius 2 is 1.54 bits per heavy atom. The van der Waals surface area contributed by atoms with E-state index in [1.807, 2.05) is 88.4 Å². The molecule has 304 valence electrons. The maximum atomic E-state index is 14.2. The Morgan fingerprint density at radius 3 is 2.09 bits per heavy atom. The maximum absolute atomic E-state index is 14.2. The molecule has 0 radical (unpaired) electrons. The molecule has 18 heteroatoms. The number of nitrogens with one attached hydrogen (secondary N) is 3. The summed E-state index contributed by atoms with van der Waals surface area (Å²) in [6.07, 6.45) is -1.02. The number of alkyl carbamates (subject to hydrolysis) is 1. The Morgan fingerprint density at radius 1 is 0.893 bits per heavy atom. The van der Waals surface area contributed by atoms with E-state index in [0.29, 0.717) is 12.2 Å². The second-order valence-electron chi connectivity index (χ2n) is 13.9. The van der Waals surface area contributed by atoms with Crippen molar-refractivity contribution in [2.75, 3.05) is 11.9 Å². The highest BCUT2D eigenvalue weighted by Gasteiger charge is 2.34. The molecule has 2 aromatic carbocycles. The standard InChI is InChI=1S/C38H51N6O9PS2/c1-24(2)34(43-37(46)44(6)33-22-55-36(42-33)25(3)4)35(45)40-29(17-27-13-9-7-10-14-27)19-32(52-26(5)53-54(48,49)50)31(18-28-15-11-8-12-16-28)41-38(47)51-21-30-20-39-23-56-30/h7-16,20,22-26,29,31-32,34H,17-19,21H2,1-6H3,(H,40,45)(H,41,47)(H,43,46)(H2,48,49,50)/t26?,29-,31-,32-,34-/m0/s1. The van der Waals surface area contributed by atoms with Crippen LogP contribution in [0.5, 0.6) is 0 Å². The van der Waals surface area contributed by atoms with Gasteiger partial charge in [-0.15, -0.1) is 22.7 Å². The van der Waals surface area contributed by atoms with Gasteiger partial charge in [-0.05, 0) is 43.2 Å². The first-order chi connectivity index (χ1) is 26.6. The Bertz CT molecular complexity index is 1860. The summed E-state index contributed by atoms with van der Waals surface area (Å²) in [5.41, 5.74) is 3.33. The second kappa shape index (κ2) is 21.3. The number of amides is 4. The first-order valence-corrected chi connectivity index (χ1v) is 21.4. The minimum Gasteiger partial charge on any atom is -0.444 e. The summed E-state index contributed by atoms with van der Waals surface area (Å²) in [6.45, 7) is 8.99. The van der Waals surface area contributed by atoms with E-state index in [9.17, 15) is 28.7 Å². The van der Waals surface area contributed by atoms with Crippen LogP contribution < -0.4 is 20.9 Å². The normalized spacial score (nSPS) is 14.4. The van der Waals surface area contributed by atoms with E-state index in [-0.39, 0.29) is 31.3 Å². The Balaban J connectivity index is 1.64. The highest BCUT2D eigenvalue weighted by atomic mass is 32.1. The number of anilines is 1. The maximum Gasteiger partial charge on any atom is 0.471 e. The summed E-state index contributed by atoms with van der Waals surface area (Å²) in [4.78, 5) is 70.8. The quantitative estimate of drug-likeness (QED) is 0.0488. The van der Waals surface area contributed by atoms with Crippen molar-refractivity contribution in [2.24, 2.45) is 5.92 Å². The predicted molar refractivity (Wildman–Crippen MR) is 215 cm³/mol. The average Bonchev–Trinajstić information content (AvgIpc) is 3.85. The van der Waals surface area contributed by atoms with E-state index in [1.165, 1.54) is 34.5 Å². The molecule has 4 amide bonds. The molecule has 4 aromatic rings. The highest BCUT2D eigenvalue weighted by Crippen LogP contribution is 2.38. The van der Waals surface area contributed by atoms with Gasteiger partial charge in [-0.3, -0.25) is 19.2 Å². The number of ether oxygens (including phenoxy) is 2. The molecular weight excluding hydrogens is 780 g/mol. The Hall–Kier alpha value is -4.22. The second-order valence-corrected chi connectivity index (χ2v) is 16.9. The molecule has 5 atom stereocenters. The van der Waals surface area contributed by atoms with Gasteiger partial charge < -0.3 is 35.2 Å². The molecule has 1 unspecified atom stereocenters. The van der Waals surface area contributed by atoms with E-state index in [4.69, 9.17) is 14.0 Å². The smallest absolute Gasteiger partial charge is 0.444 e. The molecule has 0 aliphatic carbocycles. The number of phosphoric ester groups is 1. The molecule has 0 aliphatic rings. The van der Waals surface area contributed by atoms with Crippen molar-refractivity contribution in [3.8, 4) is 0 Å². The van der Waals surface area contributed by atoms with Crippen LogP contribution in [0, 0.1) is 5.92 Å². The summed E-state index contributed by atoms with van der Waals surface area (Å²) < 4.78 is 28.5. The van der Waals surface area contributed by atoms with Crippen LogP contribution in [0.3, 0.4) is 0 Å². The fourth-order valence-corrected chi connectivity index (χ4v) is 7.59. The molecule has 0 bridgehead atoms. The summed E-state index contributed by atoms with van der Waals surface area (Å²) in [5.74, 6) is -0.123. The zero-order valence-corrected chi connectivity index (χ0v) is 34.8. The molecule has 15 nitrogen and oxygen atoms in total. The van der Waals surface area contributed by atoms with Crippen molar-refractivity contribution in [2.45, 2.75) is 96.9 Å². The molecule has 0 saturated carbocycles. The number of benzene rings is 2. The zero-order chi connectivity index (χ0) is 40.8. The molecule has 4 rings (SSSR count). The van der Waals surface area contributed by atoms with E-state index in [1.54, 1.807) is 24.1 Å². The van der Waals surface area contributed by atoms with Crippen molar-refractivity contribution in [1.29, 1.82) is 0 Å². The molecule has 2 heterocycles. The van der Waals surface area contributed by atoms with Crippen molar-refractivity contribution in [3.63, 3.8) is 0 Å². The summed E-state index contributed by atoms with van der Waals surface area (Å²) >= 11 is 2.78. The third-order valence-corrected chi connectivity index (χ3v) is 11.1. The number of hydrogen-bond acceptors (Lipinski definition) is 11. The van der Waals surface area contributed by atoms with Crippen LogP contribution in [0.15, 0.2) is 77.8 Å². The minimum atomic E-state index is -4.98. The molecule has 0 fully saturated rings. The van der Waals surface area contributed by atoms with Crippen LogP contribution in [0.25, 0.3) is 0 Å². The van der Waals surface area contributed by atoms with E-state index >= 15 is 0 Å². The summed E-state index contributed by atoms with van der Waals surface area (Å²) in [7, 11) is -3.39. The summed E-state index contributed by atoms with van der Waals surface area (Å²) in [5, 5.41) is 11.5. The average molecular weight is 831 g/mol. The van der Waals surface area contributed by atoms with Gasteiger partial charge in [0.15, 0.2) is 6.29 Å². The third-order valence-electron chi connectivity index (χ3n) is 8.60. The van der Waals surface area contributed by atoms with Gasteiger partial charge in [-0.2, -0.15) is 0 Å². The topological polar surface area (TPSA) is 202 Å². The predicted octanol–water partition coefficient (Wildman–Crippen LogP) is 6.39.